The monoisotopic (exact) mass is 716 g/mol. The van der Waals surface area contributed by atoms with Crippen molar-refractivity contribution in [2.75, 3.05) is 0 Å². The molecule has 0 radical (unpaired) electrons. The maximum absolute atomic E-state index is 2.74. The van der Waals surface area contributed by atoms with Crippen molar-refractivity contribution in [3.63, 3.8) is 0 Å². The van der Waals surface area contributed by atoms with Crippen molar-refractivity contribution in [2.24, 2.45) is 29.1 Å². The lowest BCUT2D eigenvalue weighted by Gasteiger charge is -2.47. The second-order valence-corrected chi connectivity index (χ2v) is 18.6. The first-order chi connectivity index (χ1) is 27.0. The molecule has 1 saturated carbocycles. The number of allylic oxidation sites excluding steroid dienone is 28. The van der Waals surface area contributed by atoms with Crippen molar-refractivity contribution in [3.05, 3.63) is 194 Å². The van der Waals surface area contributed by atoms with Gasteiger partial charge in [0, 0.05) is 5.92 Å². The molecule has 0 N–H and O–H groups in total. The number of fused-ring (bicyclic) bond motifs is 9. The molecule has 1 aromatic rings. The molecule has 1 spiro atoms. The number of hydrogen-bond acceptors (Lipinski definition) is 0. The van der Waals surface area contributed by atoms with Crippen molar-refractivity contribution in [1.29, 1.82) is 0 Å². The Morgan fingerprint density at radius 2 is 1.44 bits per heavy atom. The Hall–Kier alpha value is -4.42. The SMILES string of the molecule is CC1(C)C2=CC=CCC2CC(C2=CCC(C3=CCCC=C3)C=C2)CC2=CC=C(C3=CC4=C(CC3)C3=C(C=CCC3)C43C4=C(CCC=C4)c4ccccc43)CC21. The normalized spacial score (nSPS) is 32.6. The zero-order valence-corrected chi connectivity index (χ0v) is 33.0. The first-order valence-corrected chi connectivity index (χ1v) is 21.9. The quantitative estimate of drug-likeness (QED) is 0.292. The van der Waals surface area contributed by atoms with E-state index in [1.54, 1.807) is 61.3 Å². The average molecular weight is 717 g/mol. The number of hydrogen-bond donors (Lipinski definition) is 0. The summed E-state index contributed by atoms with van der Waals surface area (Å²) < 4.78 is 0. The highest BCUT2D eigenvalue weighted by atomic mass is 14.6. The number of rotatable bonds is 3. The fourth-order valence-corrected chi connectivity index (χ4v) is 13.0. The van der Waals surface area contributed by atoms with E-state index in [-0.39, 0.29) is 10.8 Å². The molecule has 0 saturated heterocycles. The zero-order valence-electron chi connectivity index (χ0n) is 33.0. The molecule has 0 amide bonds. The molecular formula is C55H56. The van der Waals surface area contributed by atoms with Gasteiger partial charge in [0.25, 0.3) is 0 Å². The standard InChI is InChI=1S/C55H56/c1-54(2)48-20-10-6-16-41(48)32-43(38-26-24-37(25-27-38)36-14-4-3-5-15-36)33-42-29-28-39(34-52(42)54)40-30-31-47-46-19-9-13-23-51(46)55(53(47)35-40)49-21-11-7-17-44(49)45-18-8-12-22-50(45)55/h4,6-7,10-15,17,20-24,26-29,35,37,41,43,52H,3,5,8-9,16,18-19,25,30-34H2,1-2H3. The molecule has 5 atom stereocenters. The summed E-state index contributed by atoms with van der Waals surface area (Å²) in [5, 5.41) is 0. The van der Waals surface area contributed by atoms with E-state index in [0.717, 1.165) is 38.5 Å². The minimum Gasteiger partial charge on any atom is -0.0839 e. The van der Waals surface area contributed by atoms with Gasteiger partial charge in [-0.3, -0.25) is 0 Å². The zero-order chi connectivity index (χ0) is 36.7. The van der Waals surface area contributed by atoms with Gasteiger partial charge in [-0.05, 0) is 173 Å². The largest absolute Gasteiger partial charge is 0.0839 e. The number of benzene rings is 1. The lowest BCUT2D eigenvalue weighted by Crippen LogP contribution is -2.37. The molecule has 55 heavy (non-hydrogen) atoms. The third-order valence-corrected chi connectivity index (χ3v) is 15.6. The van der Waals surface area contributed by atoms with Gasteiger partial charge < -0.3 is 0 Å². The minimum absolute atomic E-state index is 0.115. The van der Waals surface area contributed by atoms with Gasteiger partial charge in [0.2, 0.25) is 0 Å². The third kappa shape index (κ3) is 5.15. The van der Waals surface area contributed by atoms with Crippen LogP contribution in [0.15, 0.2) is 183 Å². The van der Waals surface area contributed by atoms with Crippen LogP contribution in [0.1, 0.15) is 108 Å². The second-order valence-electron chi connectivity index (χ2n) is 18.6. The molecule has 11 rings (SSSR count). The summed E-state index contributed by atoms with van der Waals surface area (Å²) in [5.41, 5.74) is 22.4. The third-order valence-electron chi connectivity index (χ3n) is 15.6. The van der Waals surface area contributed by atoms with Crippen LogP contribution in [-0.2, 0) is 5.41 Å². The lowest BCUT2D eigenvalue weighted by molar-refractivity contribution is 0.230. The predicted octanol–water partition coefficient (Wildman–Crippen LogP) is 14.3. The van der Waals surface area contributed by atoms with Crippen LogP contribution in [0.3, 0.4) is 0 Å². The van der Waals surface area contributed by atoms with Crippen molar-refractivity contribution in [2.45, 2.75) is 103 Å². The predicted molar refractivity (Wildman–Crippen MR) is 231 cm³/mol. The first kappa shape index (κ1) is 33.9. The maximum Gasteiger partial charge on any atom is 0.0715 e. The van der Waals surface area contributed by atoms with Gasteiger partial charge in [0.1, 0.15) is 0 Å². The van der Waals surface area contributed by atoms with Crippen LogP contribution < -0.4 is 0 Å². The molecule has 10 aliphatic carbocycles. The van der Waals surface area contributed by atoms with Crippen LogP contribution >= 0.6 is 0 Å². The van der Waals surface area contributed by atoms with E-state index in [1.807, 2.05) is 0 Å². The van der Waals surface area contributed by atoms with Gasteiger partial charge in [0.15, 0.2) is 0 Å². The van der Waals surface area contributed by atoms with Gasteiger partial charge in [-0.2, -0.15) is 0 Å². The summed E-state index contributed by atoms with van der Waals surface area (Å²) >= 11 is 0. The molecule has 0 heterocycles. The molecule has 0 aliphatic heterocycles. The van der Waals surface area contributed by atoms with E-state index in [2.05, 4.69) is 135 Å². The van der Waals surface area contributed by atoms with E-state index in [1.165, 1.54) is 61.6 Å². The first-order valence-electron chi connectivity index (χ1n) is 21.9. The molecule has 1 aromatic carbocycles. The van der Waals surface area contributed by atoms with E-state index >= 15 is 0 Å². The molecule has 0 heteroatoms. The highest BCUT2D eigenvalue weighted by Crippen LogP contribution is 2.65. The van der Waals surface area contributed by atoms with Crippen molar-refractivity contribution < 1.29 is 0 Å². The van der Waals surface area contributed by atoms with E-state index in [0.29, 0.717) is 23.7 Å². The Balaban J connectivity index is 0.978. The molecule has 1 fully saturated rings. The highest BCUT2D eigenvalue weighted by molar-refractivity contribution is 5.92. The van der Waals surface area contributed by atoms with Gasteiger partial charge in [-0.25, -0.2) is 0 Å². The molecule has 0 bridgehead atoms. The molecule has 0 aromatic heterocycles. The Bertz CT molecular complexity index is 2330. The Kier molecular flexibility index (Phi) is 8.06. The summed E-state index contributed by atoms with van der Waals surface area (Å²) in [5.74, 6) is 2.25. The molecule has 0 nitrogen and oxygen atoms in total. The van der Waals surface area contributed by atoms with Crippen LogP contribution in [0.5, 0.6) is 0 Å². The highest BCUT2D eigenvalue weighted by Gasteiger charge is 2.54. The summed E-state index contributed by atoms with van der Waals surface area (Å²) in [6, 6.07) is 9.46. The topological polar surface area (TPSA) is 0 Å². The van der Waals surface area contributed by atoms with E-state index < -0.39 is 0 Å². The van der Waals surface area contributed by atoms with Crippen LogP contribution in [0.2, 0.25) is 0 Å². The van der Waals surface area contributed by atoms with Crippen molar-refractivity contribution >= 4 is 5.57 Å². The smallest absolute Gasteiger partial charge is 0.0715 e. The van der Waals surface area contributed by atoms with Gasteiger partial charge >= 0.3 is 0 Å². The van der Waals surface area contributed by atoms with Crippen LogP contribution in [-0.4, -0.2) is 0 Å². The van der Waals surface area contributed by atoms with Gasteiger partial charge in [-0.1, -0.05) is 146 Å². The Morgan fingerprint density at radius 3 is 2.27 bits per heavy atom. The Labute approximate surface area is 330 Å². The molecule has 5 unspecified atom stereocenters. The summed E-state index contributed by atoms with van der Waals surface area (Å²) in [6.45, 7) is 5.18. The minimum atomic E-state index is -0.157. The van der Waals surface area contributed by atoms with Crippen LogP contribution in [0, 0.1) is 29.1 Å². The fraction of sp³-hybridized carbons (Fsp3) is 0.382. The molecule has 276 valence electrons. The van der Waals surface area contributed by atoms with E-state index in [9.17, 15) is 0 Å². The lowest BCUT2D eigenvalue weighted by atomic mass is 9.57. The van der Waals surface area contributed by atoms with Crippen molar-refractivity contribution in [3.8, 4) is 0 Å². The van der Waals surface area contributed by atoms with Crippen molar-refractivity contribution in [1.82, 2.24) is 0 Å². The summed E-state index contributed by atoms with van der Waals surface area (Å²) in [6.07, 6.45) is 55.4. The van der Waals surface area contributed by atoms with Crippen LogP contribution in [0.25, 0.3) is 5.57 Å². The van der Waals surface area contributed by atoms with Gasteiger partial charge in [-0.15, -0.1) is 0 Å². The second kappa shape index (κ2) is 13.1. The average Bonchev–Trinajstić information content (AvgIpc) is 3.71. The van der Waals surface area contributed by atoms with Gasteiger partial charge in [0.05, 0.1) is 5.41 Å². The Morgan fingerprint density at radius 1 is 0.618 bits per heavy atom. The summed E-state index contributed by atoms with van der Waals surface area (Å²) in [4.78, 5) is 0. The summed E-state index contributed by atoms with van der Waals surface area (Å²) in [7, 11) is 0. The maximum atomic E-state index is 2.74. The molecular weight excluding hydrogens is 661 g/mol. The van der Waals surface area contributed by atoms with Crippen LogP contribution in [0.4, 0.5) is 0 Å². The van der Waals surface area contributed by atoms with E-state index in [4.69, 9.17) is 0 Å². The fourth-order valence-electron chi connectivity index (χ4n) is 13.0. The molecule has 10 aliphatic rings.